The number of rotatable bonds is 5. The van der Waals surface area contributed by atoms with E-state index in [9.17, 15) is 4.39 Å². The second-order valence-corrected chi connectivity index (χ2v) is 3.05. The number of nitrogens with zero attached hydrogens (tertiary/aromatic N) is 2. The molecule has 0 fully saturated rings. The van der Waals surface area contributed by atoms with Gasteiger partial charge in [-0.1, -0.05) is 5.57 Å². The summed E-state index contributed by atoms with van der Waals surface area (Å²) in [6.45, 7) is 5.90. The van der Waals surface area contributed by atoms with E-state index >= 15 is 0 Å². The summed E-state index contributed by atoms with van der Waals surface area (Å²) in [7, 11) is 0. The Hall–Kier alpha value is -1.69. The van der Waals surface area contributed by atoms with Crippen molar-refractivity contribution < 1.29 is 9.13 Å². The Morgan fingerprint density at radius 3 is 3.07 bits per heavy atom. The van der Waals surface area contributed by atoms with Crippen LogP contribution in [0, 0.1) is 5.82 Å². The molecule has 1 aromatic heterocycles. The Labute approximate surface area is 87.1 Å². The van der Waals surface area contributed by atoms with Crippen LogP contribution in [0.1, 0.15) is 13.3 Å². The summed E-state index contributed by atoms with van der Waals surface area (Å²) in [5.41, 5.74) is 3.17. The van der Waals surface area contributed by atoms with Gasteiger partial charge >= 0.3 is 0 Å². The molecule has 82 valence electrons. The maximum atomic E-state index is 13.1. The van der Waals surface area contributed by atoms with Crippen molar-refractivity contribution in [2.24, 2.45) is 5.84 Å². The normalized spacial score (nSPS) is 9.80. The largest absolute Gasteiger partial charge is 0.475 e. The Morgan fingerprint density at radius 1 is 1.73 bits per heavy atom. The number of nitrogens with one attached hydrogen (secondary N) is 1. The predicted molar refractivity (Wildman–Crippen MR) is 54.7 cm³/mol. The van der Waals surface area contributed by atoms with E-state index in [0.29, 0.717) is 13.0 Å². The summed E-state index contributed by atoms with van der Waals surface area (Å²) >= 11 is 0. The van der Waals surface area contributed by atoms with Gasteiger partial charge in [0.1, 0.15) is 0 Å². The summed E-state index contributed by atoms with van der Waals surface area (Å²) in [6, 6.07) is 0. The molecule has 0 aliphatic heterocycles. The molecule has 0 unspecified atom stereocenters. The lowest BCUT2D eigenvalue weighted by molar-refractivity contribution is 0.291. The Kier molecular flexibility index (Phi) is 3.99. The summed E-state index contributed by atoms with van der Waals surface area (Å²) in [5.74, 6) is 4.46. The van der Waals surface area contributed by atoms with Gasteiger partial charge < -0.3 is 4.74 Å². The summed E-state index contributed by atoms with van der Waals surface area (Å²) in [6.07, 6.45) is 1.65. The molecule has 0 aromatic carbocycles. The zero-order valence-corrected chi connectivity index (χ0v) is 8.46. The number of nitrogens with two attached hydrogens (primary N) is 1. The summed E-state index contributed by atoms with van der Waals surface area (Å²) < 4.78 is 18.2. The molecular weight excluding hydrogens is 199 g/mol. The van der Waals surface area contributed by atoms with Crippen molar-refractivity contribution in [2.45, 2.75) is 13.3 Å². The van der Waals surface area contributed by atoms with E-state index in [1.807, 2.05) is 6.92 Å². The first-order chi connectivity index (χ1) is 7.13. The van der Waals surface area contributed by atoms with E-state index in [4.69, 9.17) is 10.6 Å². The molecule has 0 spiro atoms. The molecule has 0 saturated heterocycles. The van der Waals surface area contributed by atoms with Gasteiger partial charge in [0.15, 0.2) is 0 Å². The van der Waals surface area contributed by atoms with Crippen molar-refractivity contribution in [1.82, 2.24) is 9.97 Å². The van der Waals surface area contributed by atoms with Gasteiger partial charge in [0, 0.05) is 6.42 Å². The third-order valence-electron chi connectivity index (χ3n) is 1.61. The predicted octanol–water partition coefficient (Wildman–Crippen LogP) is 1.25. The molecule has 0 aliphatic carbocycles. The van der Waals surface area contributed by atoms with E-state index in [2.05, 4.69) is 22.0 Å². The first-order valence-corrected chi connectivity index (χ1v) is 4.40. The maximum Gasteiger partial charge on any atom is 0.255 e. The van der Waals surface area contributed by atoms with Gasteiger partial charge in [-0.15, -0.1) is 6.58 Å². The molecule has 0 aliphatic rings. The summed E-state index contributed by atoms with van der Waals surface area (Å²) in [5, 5.41) is 0. The number of nitrogen functional groups attached to an aromatic ring is 1. The lowest BCUT2D eigenvalue weighted by Gasteiger charge is -2.06. The van der Waals surface area contributed by atoms with Gasteiger partial charge in [-0.3, -0.25) is 5.43 Å². The number of halogens is 1. The lowest BCUT2D eigenvalue weighted by Crippen LogP contribution is -2.12. The summed E-state index contributed by atoms with van der Waals surface area (Å²) in [4.78, 5) is 7.29. The van der Waals surface area contributed by atoms with Gasteiger partial charge in [0.25, 0.3) is 5.88 Å². The average molecular weight is 212 g/mol. The van der Waals surface area contributed by atoms with Crippen LogP contribution in [0.25, 0.3) is 0 Å². The van der Waals surface area contributed by atoms with E-state index in [1.54, 1.807) is 0 Å². The fourth-order valence-electron chi connectivity index (χ4n) is 0.844. The molecule has 1 aromatic rings. The third-order valence-corrected chi connectivity index (χ3v) is 1.61. The Morgan fingerprint density at radius 2 is 2.47 bits per heavy atom. The van der Waals surface area contributed by atoms with Gasteiger partial charge in [0.2, 0.25) is 11.8 Å². The average Bonchev–Trinajstić information content (AvgIpc) is 2.20. The van der Waals surface area contributed by atoms with Gasteiger partial charge in [-0.05, 0) is 6.92 Å². The molecule has 3 N–H and O–H groups in total. The molecule has 15 heavy (non-hydrogen) atoms. The zero-order valence-electron chi connectivity index (χ0n) is 8.46. The van der Waals surface area contributed by atoms with Crippen molar-refractivity contribution >= 4 is 5.95 Å². The molecule has 0 saturated carbocycles. The lowest BCUT2D eigenvalue weighted by atomic mass is 10.3. The van der Waals surface area contributed by atoms with Crippen LogP contribution in [0.15, 0.2) is 18.3 Å². The van der Waals surface area contributed by atoms with Crippen LogP contribution in [-0.2, 0) is 0 Å². The van der Waals surface area contributed by atoms with Crippen molar-refractivity contribution in [1.29, 1.82) is 0 Å². The van der Waals surface area contributed by atoms with Crippen LogP contribution in [0.4, 0.5) is 10.3 Å². The number of aromatic nitrogens is 2. The SMILES string of the molecule is C=C(C)CCOc1nc(NN)ncc1F. The van der Waals surface area contributed by atoms with Crippen molar-refractivity contribution in [3.63, 3.8) is 0 Å². The maximum absolute atomic E-state index is 13.1. The highest BCUT2D eigenvalue weighted by Gasteiger charge is 2.07. The fourth-order valence-corrected chi connectivity index (χ4v) is 0.844. The topological polar surface area (TPSA) is 73.1 Å². The number of hydrogen-bond donors (Lipinski definition) is 2. The molecule has 0 bridgehead atoms. The smallest absolute Gasteiger partial charge is 0.255 e. The second kappa shape index (κ2) is 5.26. The molecule has 0 amide bonds. The molecular formula is C9H13FN4O. The third kappa shape index (κ3) is 3.51. The number of hydrazine groups is 1. The highest BCUT2D eigenvalue weighted by molar-refractivity contribution is 5.26. The number of anilines is 1. The van der Waals surface area contributed by atoms with Crippen LogP contribution in [0.3, 0.4) is 0 Å². The standard InChI is InChI=1S/C9H13FN4O/c1-6(2)3-4-15-8-7(10)5-12-9(13-8)14-11/h5H,1,3-4,11H2,2H3,(H,12,13,14). The van der Waals surface area contributed by atoms with Gasteiger partial charge in [0.05, 0.1) is 12.8 Å². The molecule has 1 rings (SSSR count). The minimum Gasteiger partial charge on any atom is -0.475 e. The fraction of sp³-hybridized carbons (Fsp3) is 0.333. The van der Waals surface area contributed by atoms with Crippen molar-refractivity contribution in [2.75, 3.05) is 12.0 Å². The molecule has 6 heteroatoms. The highest BCUT2D eigenvalue weighted by Crippen LogP contribution is 2.14. The number of ether oxygens (including phenoxy) is 1. The molecule has 0 atom stereocenters. The van der Waals surface area contributed by atoms with Crippen LogP contribution in [0.5, 0.6) is 5.88 Å². The zero-order chi connectivity index (χ0) is 11.3. The van der Waals surface area contributed by atoms with Crippen LogP contribution < -0.4 is 16.0 Å². The van der Waals surface area contributed by atoms with Crippen LogP contribution >= 0.6 is 0 Å². The van der Waals surface area contributed by atoms with Gasteiger partial charge in [-0.2, -0.15) is 9.37 Å². The second-order valence-electron chi connectivity index (χ2n) is 3.05. The number of hydrogen-bond acceptors (Lipinski definition) is 5. The Balaban J connectivity index is 2.62. The first kappa shape index (κ1) is 11.4. The first-order valence-electron chi connectivity index (χ1n) is 4.40. The molecule has 1 heterocycles. The van der Waals surface area contributed by atoms with E-state index in [-0.39, 0.29) is 11.8 Å². The van der Waals surface area contributed by atoms with Crippen LogP contribution in [0.2, 0.25) is 0 Å². The minimum atomic E-state index is -0.615. The Bertz CT molecular complexity index is 356. The van der Waals surface area contributed by atoms with Gasteiger partial charge in [-0.25, -0.2) is 10.8 Å². The quantitative estimate of drug-likeness (QED) is 0.436. The van der Waals surface area contributed by atoms with E-state index in [1.165, 1.54) is 0 Å². The van der Waals surface area contributed by atoms with E-state index < -0.39 is 5.82 Å². The van der Waals surface area contributed by atoms with Crippen molar-refractivity contribution in [3.05, 3.63) is 24.2 Å². The van der Waals surface area contributed by atoms with E-state index in [0.717, 1.165) is 11.8 Å². The van der Waals surface area contributed by atoms with Crippen molar-refractivity contribution in [3.8, 4) is 5.88 Å². The van der Waals surface area contributed by atoms with Crippen LogP contribution in [-0.4, -0.2) is 16.6 Å². The highest BCUT2D eigenvalue weighted by atomic mass is 19.1. The monoisotopic (exact) mass is 212 g/mol. The molecule has 0 radical (unpaired) electrons. The minimum absolute atomic E-state index is 0.112. The molecule has 5 nitrogen and oxygen atoms in total.